The number of hydrogen-bond donors (Lipinski definition) is 1. The van der Waals surface area contributed by atoms with Gasteiger partial charge in [0.1, 0.15) is 17.4 Å². The van der Waals surface area contributed by atoms with Gasteiger partial charge < -0.3 is 9.72 Å². The Bertz CT molecular complexity index is 650. The van der Waals surface area contributed by atoms with E-state index in [1.165, 1.54) is 19.2 Å². The van der Waals surface area contributed by atoms with Gasteiger partial charge in [-0.3, -0.25) is 4.79 Å². The van der Waals surface area contributed by atoms with Crippen LogP contribution < -0.4 is 10.3 Å². The average Bonchev–Trinajstić information content (AvgIpc) is 2.37. The van der Waals surface area contributed by atoms with Gasteiger partial charge in [-0.1, -0.05) is 13.8 Å². The summed E-state index contributed by atoms with van der Waals surface area (Å²) in [5.74, 6) is 0.564. The quantitative estimate of drug-likeness (QED) is 0.925. The van der Waals surface area contributed by atoms with Crippen LogP contribution in [0.3, 0.4) is 0 Å². The molecule has 1 aromatic heterocycles. The number of rotatable bonds is 3. The van der Waals surface area contributed by atoms with Crippen molar-refractivity contribution in [3.8, 4) is 17.0 Å². The molecule has 1 N–H and O–H groups in total. The molecule has 1 aromatic carbocycles. The van der Waals surface area contributed by atoms with E-state index in [4.69, 9.17) is 4.74 Å². The van der Waals surface area contributed by atoms with E-state index in [0.29, 0.717) is 17.3 Å². The number of nitrogens with zero attached hydrogens (tertiary/aromatic N) is 1. The lowest BCUT2D eigenvalue weighted by atomic mass is 10.1. The fraction of sp³-hybridized carbons (Fsp3) is 0.286. The Morgan fingerprint density at radius 3 is 2.63 bits per heavy atom. The normalized spacial score (nSPS) is 10.8. The fourth-order valence-electron chi connectivity index (χ4n) is 1.72. The molecule has 100 valence electrons. The van der Waals surface area contributed by atoms with Gasteiger partial charge in [-0.25, -0.2) is 9.37 Å². The van der Waals surface area contributed by atoms with E-state index in [-0.39, 0.29) is 17.0 Å². The summed E-state index contributed by atoms with van der Waals surface area (Å²) in [7, 11) is 1.47. The van der Waals surface area contributed by atoms with Crippen LogP contribution in [0, 0.1) is 5.82 Å². The Kier molecular flexibility index (Phi) is 3.64. The van der Waals surface area contributed by atoms with Crippen molar-refractivity contribution in [2.75, 3.05) is 7.11 Å². The maximum atomic E-state index is 14.0. The lowest BCUT2D eigenvalue weighted by molar-refractivity contribution is 0.411. The number of H-pyrrole nitrogens is 1. The summed E-state index contributed by atoms with van der Waals surface area (Å²) in [6.07, 6.45) is 0. The highest BCUT2D eigenvalue weighted by Gasteiger charge is 2.11. The van der Waals surface area contributed by atoms with Crippen LogP contribution in [0.2, 0.25) is 0 Å². The number of benzene rings is 1. The number of hydrogen-bond acceptors (Lipinski definition) is 3. The Balaban J connectivity index is 2.55. The molecule has 0 aliphatic heterocycles. The van der Waals surface area contributed by atoms with Crippen molar-refractivity contribution >= 4 is 0 Å². The third kappa shape index (κ3) is 2.81. The van der Waals surface area contributed by atoms with E-state index in [1.54, 1.807) is 12.1 Å². The first-order valence-corrected chi connectivity index (χ1v) is 5.96. The van der Waals surface area contributed by atoms with Gasteiger partial charge in [0.05, 0.1) is 12.8 Å². The summed E-state index contributed by atoms with van der Waals surface area (Å²) < 4.78 is 18.9. The first-order valence-electron chi connectivity index (χ1n) is 5.96. The van der Waals surface area contributed by atoms with Crippen molar-refractivity contribution in [3.63, 3.8) is 0 Å². The number of aromatic nitrogens is 2. The maximum Gasteiger partial charge on any atom is 0.251 e. The molecule has 5 heteroatoms. The van der Waals surface area contributed by atoms with Crippen molar-refractivity contribution < 1.29 is 9.13 Å². The molecule has 0 spiro atoms. The number of halogens is 1. The molecular weight excluding hydrogens is 247 g/mol. The highest BCUT2D eigenvalue weighted by Crippen LogP contribution is 2.24. The molecule has 0 unspecified atom stereocenters. The second-order valence-corrected chi connectivity index (χ2v) is 4.52. The highest BCUT2D eigenvalue weighted by molar-refractivity contribution is 5.60. The maximum absolute atomic E-state index is 14.0. The first-order chi connectivity index (χ1) is 9.01. The van der Waals surface area contributed by atoms with Gasteiger partial charge >= 0.3 is 0 Å². The predicted octanol–water partition coefficient (Wildman–Crippen LogP) is 2.71. The summed E-state index contributed by atoms with van der Waals surface area (Å²) in [6.45, 7) is 3.82. The average molecular weight is 262 g/mol. The van der Waals surface area contributed by atoms with Gasteiger partial charge in [0.2, 0.25) is 0 Å². The minimum Gasteiger partial charge on any atom is -0.497 e. The summed E-state index contributed by atoms with van der Waals surface area (Å²) in [5.41, 5.74) is 0.324. The lowest BCUT2D eigenvalue weighted by Crippen LogP contribution is -2.12. The van der Waals surface area contributed by atoms with Gasteiger partial charge in [-0.15, -0.1) is 0 Å². The molecule has 19 heavy (non-hydrogen) atoms. The topological polar surface area (TPSA) is 55.0 Å². The minimum absolute atomic E-state index is 0.0639. The monoisotopic (exact) mass is 262 g/mol. The number of methoxy groups -OCH3 is 1. The van der Waals surface area contributed by atoms with Crippen LogP contribution in [0.5, 0.6) is 5.75 Å². The second kappa shape index (κ2) is 5.22. The van der Waals surface area contributed by atoms with E-state index in [9.17, 15) is 9.18 Å². The molecule has 0 saturated carbocycles. The molecule has 0 atom stereocenters. The van der Waals surface area contributed by atoms with Crippen LogP contribution in [0.4, 0.5) is 4.39 Å². The van der Waals surface area contributed by atoms with Gasteiger partial charge in [0.25, 0.3) is 5.56 Å². The Labute approximate surface area is 110 Å². The number of aromatic amines is 1. The zero-order valence-electron chi connectivity index (χ0n) is 11.0. The summed E-state index contributed by atoms with van der Waals surface area (Å²) >= 11 is 0. The summed E-state index contributed by atoms with van der Waals surface area (Å²) in [5, 5.41) is 0. The molecule has 0 aliphatic carbocycles. The zero-order chi connectivity index (χ0) is 14.0. The Morgan fingerprint density at radius 2 is 2.05 bits per heavy atom. The van der Waals surface area contributed by atoms with Crippen LogP contribution in [-0.2, 0) is 0 Å². The molecule has 0 aliphatic rings. The largest absolute Gasteiger partial charge is 0.497 e. The van der Waals surface area contributed by atoms with Crippen molar-refractivity contribution in [2.45, 2.75) is 19.8 Å². The van der Waals surface area contributed by atoms with Crippen molar-refractivity contribution in [1.29, 1.82) is 0 Å². The number of nitrogens with one attached hydrogen (secondary N) is 1. The molecule has 4 nitrogen and oxygen atoms in total. The molecule has 0 saturated heterocycles. The molecule has 2 aromatic rings. The lowest BCUT2D eigenvalue weighted by Gasteiger charge is -2.08. The van der Waals surface area contributed by atoms with Gasteiger partial charge in [-0.2, -0.15) is 0 Å². The van der Waals surface area contributed by atoms with E-state index in [2.05, 4.69) is 9.97 Å². The Hall–Kier alpha value is -2.17. The molecule has 0 amide bonds. The van der Waals surface area contributed by atoms with E-state index in [1.807, 2.05) is 13.8 Å². The first kappa shape index (κ1) is 13.3. The van der Waals surface area contributed by atoms with Gasteiger partial charge in [-0.05, 0) is 12.1 Å². The summed E-state index contributed by atoms with van der Waals surface area (Å²) in [4.78, 5) is 18.5. The van der Waals surface area contributed by atoms with Crippen LogP contribution in [-0.4, -0.2) is 17.1 Å². The molecule has 0 bridgehead atoms. The predicted molar refractivity (Wildman–Crippen MR) is 70.9 cm³/mol. The SMILES string of the molecule is COc1ccc(-c2cc(=O)[nH]c(C(C)C)n2)c(F)c1. The van der Waals surface area contributed by atoms with E-state index in [0.717, 1.165) is 0 Å². The van der Waals surface area contributed by atoms with E-state index >= 15 is 0 Å². The third-order valence-corrected chi connectivity index (χ3v) is 2.76. The van der Waals surface area contributed by atoms with E-state index < -0.39 is 5.82 Å². The van der Waals surface area contributed by atoms with Crippen molar-refractivity contribution in [3.05, 3.63) is 46.3 Å². The van der Waals surface area contributed by atoms with Crippen molar-refractivity contribution in [2.24, 2.45) is 0 Å². The molecule has 2 rings (SSSR count). The molecule has 0 fully saturated rings. The fourth-order valence-corrected chi connectivity index (χ4v) is 1.72. The van der Waals surface area contributed by atoms with Crippen LogP contribution in [0.25, 0.3) is 11.3 Å². The smallest absolute Gasteiger partial charge is 0.251 e. The molecule has 1 heterocycles. The van der Waals surface area contributed by atoms with Gasteiger partial charge in [0, 0.05) is 23.6 Å². The van der Waals surface area contributed by atoms with Crippen LogP contribution in [0.15, 0.2) is 29.1 Å². The zero-order valence-corrected chi connectivity index (χ0v) is 11.0. The van der Waals surface area contributed by atoms with Gasteiger partial charge in [0.15, 0.2) is 0 Å². The third-order valence-electron chi connectivity index (χ3n) is 2.76. The highest BCUT2D eigenvalue weighted by atomic mass is 19.1. The Morgan fingerprint density at radius 1 is 1.32 bits per heavy atom. The number of ether oxygens (including phenoxy) is 1. The van der Waals surface area contributed by atoms with Crippen LogP contribution in [0.1, 0.15) is 25.6 Å². The second-order valence-electron chi connectivity index (χ2n) is 4.52. The van der Waals surface area contributed by atoms with Crippen molar-refractivity contribution in [1.82, 2.24) is 9.97 Å². The molecular formula is C14H15FN2O2. The standard InChI is InChI=1S/C14H15FN2O2/c1-8(2)14-16-12(7-13(18)17-14)10-5-4-9(19-3)6-11(10)15/h4-8H,1-3H3,(H,16,17,18). The minimum atomic E-state index is -0.466. The molecule has 0 radical (unpaired) electrons. The summed E-state index contributed by atoms with van der Waals surface area (Å²) in [6, 6.07) is 5.75. The van der Waals surface area contributed by atoms with Crippen LogP contribution >= 0.6 is 0 Å².